The van der Waals surface area contributed by atoms with Crippen molar-refractivity contribution < 1.29 is 14.4 Å². The van der Waals surface area contributed by atoms with E-state index in [4.69, 9.17) is 14.6 Å². The number of aliphatic carboxylic acids is 1. The van der Waals surface area contributed by atoms with Gasteiger partial charge in [0.15, 0.2) is 5.82 Å². The van der Waals surface area contributed by atoms with Gasteiger partial charge in [-0.05, 0) is 50.5 Å². The summed E-state index contributed by atoms with van der Waals surface area (Å²) in [6.07, 6.45) is 6.46. The molecule has 6 nitrogen and oxygen atoms in total. The molecule has 2 atom stereocenters. The molecule has 1 aromatic carbocycles. The van der Waals surface area contributed by atoms with Gasteiger partial charge in [0.2, 0.25) is 5.89 Å². The van der Waals surface area contributed by atoms with Crippen molar-refractivity contribution in [1.82, 2.24) is 15.5 Å². The van der Waals surface area contributed by atoms with E-state index in [0.29, 0.717) is 30.7 Å². The number of carboxylic acid groups (broad SMARTS) is 1. The lowest BCUT2D eigenvalue weighted by Gasteiger charge is -2.23. The zero-order valence-electron chi connectivity index (χ0n) is 16.0. The maximum absolute atomic E-state index is 11.1. The van der Waals surface area contributed by atoms with Gasteiger partial charge in [0.05, 0.1) is 5.92 Å². The average Bonchev–Trinajstić information content (AvgIpc) is 3.64. The highest BCUT2D eigenvalue weighted by Gasteiger charge is 2.50. The minimum atomic E-state index is -0.679. The second kappa shape index (κ2) is 6.99. The molecular formula is C22H27N3O3. The van der Waals surface area contributed by atoms with Crippen molar-refractivity contribution in [2.45, 2.75) is 68.2 Å². The highest BCUT2D eigenvalue weighted by atomic mass is 16.5. The van der Waals surface area contributed by atoms with Crippen molar-refractivity contribution in [2.75, 3.05) is 6.54 Å². The highest BCUT2D eigenvalue weighted by molar-refractivity contribution is 5.70. The van der Waals surface area contributed by atoms with Gasteiger partial charge in [-0.3, -0.25) is 4.79 Å². The molecule has 3 aliphatic carbocycles. The topological polar surface area (TPSA) is 88.2 Å². The number of aromatic nitrogens is 2. The zero-order valence-corrected chi connectivity index (χ0v) is 16.0. The Labute approximate surface area is 164 Å². The van der Waals surface area contributed by atoms with Crippen LogP contribution in [0, 0.1) is 5.92 Å². The molecule has 3 saturated carbocycles. The maximum Gasteiger partial charge on any atom is 0.306 e. The van der Waals surface area contributed by atoms with Gasteiger partial charge in [-0.25, -0.2) is 0 Å². The molecule has 2 aromatic rings. The van der Waals surface area contributed by atoms with Crippen molar-refractivity contribution in [3.05, 3.63) is 47.6 Å². The summed E-state index contributed by atoms with van der Waals surface area (Å²) in [5.41, 5.74) is 1.45. The van der Waals surface area contributed by atoms with Crippen LogP contribution >= 0.6 is 0 Å². The maximum atomic E-state index is 11.1. The molecule has 0 bridgehead atoms. The van der Waals surface area contributed by atoms with Gasteiger partial charge in [-0.15, -0.1) is 0 Å². The second-order valence-corrected chi connectivity index (χ2v) is 8.86. The number of nitrogens with zero attached hydrogens (tertiary/aromatic N) is 2. The molecule has 0 amide bonds. The SMILES string of the molecule is O=C(O)[C@H]1CC[C@H](c2nc(C3(CN[C@@H]4C[C@H]4c4ccccc4)CC3)no2)CC1. The van der Waals surface area contributed by atoms with Gasteiger partial charge in [0, 0.05) is 29.8 Å². The summed E-state index contributed by atoms with van der Waals surface area (Å²) in [6.45, 7) is 0.908. The molecule has 28 heavy (non-hydrogen) atoms. The number of hydrogen-bond donors (Lipinski definition) is 2. The number of nitrogens with one attached hydrogen (secondary N) is 1. The van der Waals surface area contributed by atoms with Crippen LogP contribution in [0.5, 0.6) is 0 Å². The van der Waals surface area contributed by atoms with Crippen LogP contribution in [-0.2, 0) is 10.2 Å². The number of hydrogen-bond acceptors (Lipinski definition) is 5. The Bertz CT molecular complexity index is 838. The minimum absolute atomic E-state index is 0.0316. The van der Waals surface area contributed by atoms with E-state index in [2.05, 4.69) is 40.8 Å². The van der Waals surface area contributed by atoms with E-state index in [1.165, 1.54) is 12.0 Å². The van der Waals surface area contributed by atoms with Gasteiger partial charge >= 0.3 is 5.97 Å². The third-order valence-corrected chi connectivity index (χ3v) is 6.92. The Morgan fingerprint density at radius 2 is 1.93 bits per heavy atom. The standard InChI is InChI=1S/C22H27N3O3/c26-20(27)16-8-6-15(7-9-16)19-24-21(25-28-19)22(10-11-22)13-23-18-12-17(18)14-4-2-1-3-5-14/h1-5,15-18,23H,6-13H2,(H,26,27)/t15-,16-,17-,18+/m0/s1. The lowest BCUT2D eigenvalue weighted by molar-refractivity contribution is -0.142. The first kappa shape index (κ1) is 17.9. The zero-order chi connectivity index (χ0) is 19.1. The smallest absolute Gasteiger partial charge is 0.306 e. The largest absolute Gasteiger partial charge is 0.481 e. The normalized spacial score (nSPS) is 30.7. The Morgan fingerprint density at radius 1 is 1.18 bits per heavy atom. The van der Waals surface area contributed by atoms with Gasteiger partial charge < -0.3 is 14.9 Å². The summed E-state index contributed by atoms with van der Waals surface area (Å²) >= 11 is 0. The minimum Gasteiger partial charge on any atom is -0.481 e. The van der Waals surface area contributed by atoms with E-state index in [1.807, 2.05) is 0 Å². The Balaban J connectivity index is 1.17. The van der Waals surface area contributed by atoms with E-state index in [1.54, 1.807) is 0 Å². The first-order chi connectivity index (χ1) is 13.6. The quantitative estimate of drug-likeness (QED) is 0.762. The van der Waals surface area contributed by atoms with E-state index in [9.17, 15) is 4.79 Å². The Hall–Kier alpha value is -2.21. The van der Waals surface area contributed by atoms with Crippen molar-refractivity contribution in [2.24, 2.45) is 5.92 Å². The van der Waals surface area contributed by atoms with Crippen molar-refractivity contribution in [3.63, 3.8) is 0 Å². The first-order valence-electron chi connectivity index (χ1n) is 10.5. The predicted molar refractivity (Wildman–Crippen MR) is 103 cm³/mol. The molecular weight excluding hydrogens is 354 g/mol. The van der Waals surface area contributed by atoms with Crippen LogP contribution in [0.4, 0.5) is 0 Å². The molecule has 6 heteroatoms. The third kappa shape index (κ3) is 3.46. The third-order valence-electron chi connectivity index (χ3n) is 6.92. The van der Waals surface area contributed by atoms with Crippen LogP contribution in [0.3, 0.4) is 0 Å². The molecule has 0 spiro atoms. The first-order valence-corrected chi connectivity index (χ1v) is 10.5. The van der Waals surface area contributed by atoms with Crippen LogP contribution in [0.1, 0.15) is 74.1 Å². The Morgan fingerprint density at radius 3 is 2.61 bits per heavy atom. The molecule has 3 aliphatic rings. The second-order valence-electron chi connectivity index (χ2n) is 8.86. The van der Waals surface area contributed by atoms with Gasteiger partial charge in [-0.1, -0.05) is 35.5 Å². The number of benzene rings is 1. The molecule has 3 fully saturated rings. The summed E-state index contributed by atoms with van der Waals surface area (Å²) in [4.78, 5) is 15.9. The van der Waals surface area contributed by atoms with Crippen molar-refractivity contribution in [1.29, 1.82) is 0 Å². The molecule has 148 valence electrons. The molecule has 1 heterocycles. The number of carboxylic acids is 1. The van der Waals surface area contributed by atoms with Crippen molar-refractivity contribution in [3.8, 4) is 0 Å². The fourth-order valence-corrected chi connectivity index (χ4v) is 4.65. The van der Waals surface area contributed by atoms with Crippen LogP contribution in [0.15, 0.2) is 34.9 Å². The molecule has 0 saturated heterocycles. The lowest BCUT2D eigenvalue weighted by atomic mass is 9.82. The molecule has 0 aliphatic heterocycles. The molecule has 0 unspecified atom stereocenters. The van der Waals surface area contributed by atoms with E-state index < -0.39 is 5.97 Å². The molecule has 2 N–H and O–H groups in total. The van der Waals surface area contributed by atoms with Crippen LogP contribution in [0.25, 0.3) is 0 Å². The highest BCUT2D eigenvalue weighted by Crippen LogP contribution is 2.48. The average molecular weight is 381 g/mol. The van der Waals surface area contributed by atoms with Gasteiger partial charge in [-0.2, -0.15) is 4.98 Å². The van der Waals surface area contributed by atoms with E-state index in [-0.39, 0.29) is 17.3 Å². The van der Waals surface area contributed by atoms with Crippen LogP contribution < -0.4 is 5.32 Å². The molecule has 5 rings (SSSR count). The van der Waals surface area contributed by atoms with Crippen LogP contribution in [0.2, 0.25) is 0 Å². The Kier molecular flexibility index (Phi) is 4.46. The summed E-state index contributed by atoms with van der Waals surface area (Å²) in [6, 6.07) is 11.3. The van der Waals surface area contributed by atoms with Gasteiger partial charge in [0.25, 0.3) is 0 Å². The summed E-state index contributed by atoms with van der Waals surface area (Å²) in [7, 11) is 0. The van der Waals surface area contributed by atoms with Crippen molar-refractivity contribution >= 4 is 5.97 Å². The molecule has 0 radical (unpaired) electrons. The summed E-state index contributed by atoms with van der Waals surface area (Å²) < 4.78 is 5.60. The fraction of sp³-hybridized carbons (Fsp3) is 0.591. The number of rotatable bonds is 7. The summed E-state index contributed by atoms with van der Waals surface area (Å²) in [5.74, 6) is 1.50. The predicted octanol–water partition coefficient (Wildman–Crippen LogP) is 3.61. The summed E-state index contributed by atoms with van der Waals surface area (Å²) in [5, 5.41) is 17.2. The lowest BCUT2D eigenvalue weighted by Crippen LogP contribution is -2.30. The van der Waals surface area contributed by atoms with E-state index >= 15 is 0 Å². The molecule has 1 aromatic heterocycles. The van der Waals surface area contributed by atoms with Gasteiger partial charge in [0.1, 0.15) is 0 Å². The van der Waals surface area contributed by atoms with E-state index in [0.717, 1.165) is 38.1 Å². The number of carbonyl (C=O) groups is 1. The van der Waals surface area contributed by atoms with Crippen LogP contribution in [-0.4, -0.2) is 33.8 Å². The fourth-order valence-electron chi connectivity index (χ4n) is 4.65. The monoisotopic (exact) mass is 381 g/mol.